The van der Waals surface area contributed by atoms with Crippen LogP contribution < -0.4 is 11.2 Å². The Kier molecular flexibility index (Phi) is 4.92. The van der Waals surface area contributed by atoms with Crippen molar-refractivity contribution in [3.63, 3.8) is 0 Å². The van der Waals surface area contributed by atoms with Crippen LogP contribution in [0.5, 0.6) is 0 Å². The zero-order valence-corrected chi connectivity index (χ0v) is 13.8. The fourth-order valence-corrected chi connectivity index (χ4v) is 2.63. The van der Waals surface area contributed by atoms with Crippen LogP contribution in [0, 0.1) is 0 Å². The number of carbonyl (C=O) groups is 2. The standard InChI is InChI=1S/C18H14ClN3O3/c19-14-7-3-1-6-12(14)16-9-13(18(24)22-25-10-17(20)23)11-5-2-4-8-15(11)21-16/h1-9H,10H2,(H2,20,23)(H,22,24). The number of para-hydroxylation sites is 1. The Morgan fingerprint density at radius 3 is 2.60 bits per heavy atom. The Morgan fingerprint density at radius 1 is 1.12 bits per heavy atom. The molecule has 0 aliphatic heterocycles. The summed E-state index contributed by atoms with van der Waals surface area (Å²) in [6.07, 6.45) is 0. The predicted octanol–water partition coefficient (Wildman–Crippen LogP) is 2.70. The van der Waals surface area contributed by atoms with Gasteiger partial charge in [-0.05, 0) is 18.2 Å². The van der Waals surface area contributed by atoms with Gasteiger partial charge in [0.2, 0.25) is 5.91 Å². The van der Waals surface area contributed by atoms with Gasteiger partial charge >= 0.3 is 0 Å². The number of nitrogens with zero attached hydrogens (tertiary/aromatic N) is 1. The van der Waals surface area contributed by atoms with Gasteiger partial charge in [0.15, 0.2) is 6.61 Å². The predicted molar refractivity (Wildman–Crippen MR) is 94.8 cm³/mol. The molecule has 0 unspecified atom stereocenters. The number of nitrogens with one attached hydrogen (secondary N) is 1. The van der Waals surface area contributed by atoms with Gasteiger partial charge < -0.3 is 5.73 Å². The molecule has 0 spiro atoms. The topological polar surface area (TPSA) is 94.3 Å². The maximum Gasteiger partial charge on any atom is 0.275 e. The summed E-state index contributed by atoms with van der Waals surface area (Å²) in [6.45, 7) is -0.411. The van der Waals surface area contributed by atoms with E-state index in [-0.39, 0.29) is 0 Å². The highest BCUT2D eigenvalue weighted by Crippen LogP contribution is 2.29. The molecule has 1 heterocycles. The summed E-state index contributed by atoms with van der Waals surface area (Å²) in [7, 11) is 0. The van der Waals surface area contributed by atoms with Crippen LogP contribution in [0.25, 0.3) is 22.2 Å². The van der Waals surface area contributed by atoms with E-state index in [4.69, 9.17) is 22.2 Å². The molecule has 0 radical (unpaired) electrons. The molecule has 3 rings (SSSR count). The van der Waals surface area contributed by atoms with Crippen LogP contribution in [-0.4, -0.2) is 23.4 Å². The molecule has 25 heavy (non-hydrogen) atoms. The van der Waals surface area contributed by atoms with Crippen molar-refractivity contribution in [1.82, 2.24) is 10.5 Å². The molecule has 126 valence electrons. The summed E-state index contributed by atoms with van der Waals surface area (Å²) < 4.78 is 0. The molecule has 0 fully saturated rings. The van der Waals surface area contributed by atoms with Gasteiger partial charge in [-0.3, -0.25) is 14.4 Å². The van der Waals surface area contributed by atoms with E-state index in [1.807, 2.05) is 24.3 Å². The van der Waals surface area contributed by atoms with E-state index in [0.717, 1.165) is 0 Å². The highest BCUT2D eigenvalue weighted by Gasteiger charge is 2.15. The molecule has 1 aromatic heterocycles. The number of rotatable bonds is 5. The molecule has 2 amide bonds. The van der Waals surface area contributed by atoms with Gasteiger partial charge in [-0.2, -0.15) is 0 Å². The average molecular weight is 356 g/mol. The first-order valence-electron chi connectivity index (χ1n) is 7.41. The minimum atomic E-state index is -0.684. The summed E-state index contributed by atoms with van der Waals surface area (Å²) in [5.74, 6) is -1.19. The number of hydrogen-bond acceptors (Lipinski definition) is 4. The van der Waals surface area contributed by atoms with E-state index in [0.29, 0.717) is 32.7 Å². The zero-order chi connectivity index (χ0) is 17.8. The monoisotopic (exact) mass is 355 g/mol. The maximum absolute atomic E-state index is 12.5. The Hall–Kier alpha value is -2.96. The van der Waals surface area contributed by atoms with Gasteiger partial charge in [-0.25, -0.2) is 10.5 Å². The van der Waals surface area contributed by atoms with Gasteiger partial charge in [0, 0.05) is 16.0 Å². The second kappa shape index (κ2) is 7.29. The number of aromatic nitrogens is 1. The van der Waals surface area contributed by atoms with Crippen LogP contribution in [-0.2, 0) is 9.63 Å². The van der Waals surface area contributed by atoms with Crippen molar-refractivity contribution in [2.45, 2.75) is 0 Å². The Morgan fingerprint density at radius 2 is 1.84 bits per heavy atom. The number of nitrogens with two attached hydrogens (primary N) is 1. The van der Waals surface area contributed by atoms with E-state index in [9.17, 15) is 9.59 Å². The van der Waals surface area contributed by atoms with Crippen LogP contribution in [0.2, 0.25) is 5.02 Å². The number of carbonyl (C=O) groups excluding carboxylic acids is 2. The first-order valence-corrected chi connectivity index (χ1v) is 7.79. The van der Waals surface area contributed by atoms with Crippen molar-refractivity contribution in [1.29, 1.82) is 0 Å². The molecule has 6 nitrogen and oxygen atoms in total. The summed E-state index contributed by atoms with van der Waals surface area (Å²) in [6, 6.07) is 16.1. The third-order valence-electron chi connectivity index (χ3n) is 3.49. The summed E-state index contributed by atoms with van der Waals surface area (Å²) in [5.41, 5.74) is 9.46. The second-order valence-electron chi connectivity index (χ2n) is 5.24. The normalized spacial score (nSPS) is 10.6. The molecule has 3 aromatic rings. The Balaban J connectivity index is 2.06. The summed E-state index contributed by atoms with van der Waals surface area (Å²) in [4.78, 5) is 32.6. The minimum Gasteiger partial charge on any atom is -0.368 e. The van der Waals surface area contributed by atoms with Gasteiger partial charge in [0.1, 0.15) is 0 Å². The number of hydrogen-bond donors (Lipinski definition) is 2. The number of fused-ring (bicyclic) bond motifs is 1. The number of amides is 2. The molecular weight excluding hydrogens is 342 g/mol. The van der Waals surface area contributed by atoms with Gasteiger partial charge in [-0.15, -0.1) is 0 Å². The van der Waals surface area contributed by atoms with Crippen molar-refractivity contribution in [2.75, 3.05) is 6.61 Å². The lowest BCUT2D eigenvalue weighted by atomic mass is 10.0. The maximum atomic E-state index is 12.5. The van der Waals surface area contributed by atoms with E-state index >= 15 is 0 Å². The number of halogens is 1. The van der Waals surface area contributed by atoms with Crippen molar-refractivity contribution in [2.24, 2.45) is 5.73 Å². The average Bonchev–Trinajstić information content (AvgIpc) is 2.60. The smallest absolute Gasteiger partial charge is 0.275 e. The first-order chi connectivity index (χ1) is 12.1. The van der Waals surface area contributed by atoms with Crippen molar-refractivity contribution < 1.29 is 14.4 Å². The minimum absolute atomic E-state index is 0.352. The molecule has 7 heteroatoms. The number of primary amides is 1. The second-order valence-corrected chi connectivity index (χ2v) is 5.65. The van der Waals surface area contributed by atoms with Crippen molar-refractivity contribution >= 4 is 34.3 Å². The van der Waals surface area contributed by atoms with Crippen LogP contribution in [0.3, 0.4) is 0 Å². The molecular formula is C18H14ClN3O3. The molecule has 2 aromatic carbocycles. The Bertz CT molecular complexity index is 959. The number of hydroxylamine groups is 1. The highest BCUT2D eigenvalue weighted by molar-refractivity contribution is 6.33. The van der Waals surface area contributed by atoms with E-state index < -0.39 is 18.4 Å². The molecule has 0 bridgehead atoms. The fraction of sp³-hybridized carbons (Fsp3) is 0.0556. The van der Waals surface area contributed by atoms with E-state index in [1.54, 1.807) is 30.3 Å². The van der Waals surface area contributed by atoms with Crippen LogP contribution in [0.1, 0.15) is 10.4 Å². The van der Waals surface area contributed by atoms with Gasteiger partial charge in [0.05, 0.1) is 16.8 Å². The lowest BCUT2D eigenvalue weighted by Crippen LogP contribution is -2.29. The zero-order valence-electron chi connectivity index (χ0n) is 13.0. The lowest BCUT2D eigenvalue weighted by Gasteiger charge is -2.11. The molecule has 0 saturated carbocycles. The van der Waals surface area contributed by atoms with Gasteiger partial charge in [-0.1, -0.05) is 48.0 Å². The molecule has 0 atom stereocenters. The summed E-state index contributed by atoms with van der Waals surface area (Å²) >= 11 is 6.24. The molecule has 0 aliphatic carbocycles. The largest absolute Gasteiger partial charge is 0.368 e. The van der Waals surface area contributed by atoms with Crippen LogP contribution in [0.15, 0.2) is 54.6 Å². The van der Waals surface area contributed by atoms with E-state index in [1.165, 1.54) is 0 Å². The fourth-order valence-electron chi connectivity index (χ4n) is 2.40. The van der Waals surface area contributed by atoms with Crippen molar-refractivity contribution in [3.8, 4) is 11.3 Å². The quantitative estimate of drug-likeness (QED) is 0.688. The highest BCUT2D eigenvalue weighted by atomic mass is 35.5. The first kappa shape index (κ1) is 16.9. The lowest BCUT2D eigenvalue weighted by molar-refractivity contribution is -0.124. The SMILES string of the molecule is NC(=O)CONC(=O)c1cc(-c2ccccc2Cl)nc2ccccc12. The number of benzene rings is 2. The third kappa shape index (κ3) is 3.76. The summed E-state index contributed by atoms with van der Waals surface area (Å²) in [5, 5.41) is 1.18. The van der Waals surface area contributed by atoms with Crippen molar-refractivity contribution in [3.05, 3.63) is 65.2 Å². The van der Waals surface area contributed by atoms with Crippen LogP contribution in [0.4, 0.5) is 0 Å². The third-order valence-corrected chi connectivity index (χ3v) is 3.82. The van der Waals surface area contributed by atoms with E-state index in [2.05, 4.69) is 10.5 Å². The van der Waals surface area contributed by atoms with Gasteiger partial charge in [0.25, 0.3) is 5.91 Å². The molecule has 0 saturated heterocycles. The Labute approximate surface area is 148 Å². The van der Waals surface area contributed by atoms with Crippen LogP contribution >= 0.6 is 11.6 Å². The molecule has 3 N–H and O–H groups in total. The molecule has 0 aliphatic rings. The number of pyridine rings is 1.